The third kappa shape index (κ3) is 4.30. The summed E-state index contributed by atoms with van der Waals surface area (Å²) >= 11 is 1.52. The zero-order chi connectivity index (χ0) is 18.0. The van der Waals surface area contributed by atoms with Crippen molar-refractivity contribution in [1.29, 1.82) is 0 Å². The summed E-state index contributed by atoms with van der Waals surface area (Å²) in [5.74, 6) is 0. The average molecular weight is 363 g/mol. The third-order valence-corrected chi connectivity index (χ3v) is 6.42. The van der Waals surface area contributed by atoms with E-state index in [1.165, 1.54) is 59.9 Å². The highest BCUT2D eigenvalue weighted by Gasteiger charge is 2.42. The fourth-order valence-corrected chi connectivity index (χ4v) is 4.79. The summed E-state index contributed by atoms with van der Waals surface area (Å²) in [6.07, 6.45) is 9.46. The lowest BCUT2D eigenvalue weighted by Crippen LogP contribution is -2.26. The van der Waals surface area contributed by atoms with Gasteiger partial charge in [-0.2, -0.15) is 0 Å². The summed E-state index contributed by atoms with van der Waals surface area (Å²) in [6, 6.07) is 1.91. The molecular weight excluding hydrogens is 332 g/mol. The number of carbonyl (C=O) groups excluding carboxylic acids is 1. The lowest BCUT2D eigenvalue weighted by molar-refractivity contribution is 0.259. The number of amides is 2. The first-order valence-corrected chi connectivity index (χ1v) is 10.1. The normalized spacial score (nSPS) is 19.0. The number of rotatable bonds is 4. The van der Waals surface area contributed by atoms with Crippen molar-refractivity contribution in [3.63, 3.8) is 0 Å². The highest BCUT2D eigenvalue weighted by molar-refractivity contribution is 7.98. The average Bonchev–Trinajstić information content (AvgIpc) is 2.97. The summed E-state index contributed by atoms with van der Waals surface area (Å²) < 4.78 is 0.434. The van der Waals surface area contributed by atoms with Crippen LogP contribution < -0.4 is 16.2 Å². The molecule has 5 nitrogen and oxygen atoms in total. The predicted octanol–water partition coefficient (Wildman–Crippen LogP) is 2.84. The van der Waals surface area contributed by atoms with Gasteiger partial charge in [0.25, 0.3) is 0 Å². The molecule has 1 fully saturated rings. The highest BCUT2D eigenvalue weighted by Crippen LogP contribution is 2.45. The SMILES string of the molecule is CN(C)CC1(SN)CC1.NC(=O)Nc1c2c(cc3c1CCC3)CCC2. The number of benzene rings is 1. The van der Waals surface area contributed by atoms with Crippen molar-refractivity contribution in [2.45, 2.75) is 56.1 Å². The lowest BCUT2D eigenvalue weighted by atomic mass is 9.99. The van der Waals surface area contributed by atoms with Gasteiger partial charge in [-0.3, -0.25) is 5.14 Å². The predicted molar refractivity (Wildman–Crippen MR) is 106 cm³/mol. The van der Waals surface area contributed by atoms with Gasteiger partial charge in [0, 0.05) is 17.0 Å². The molecule has 0 aliphatic heterocycles. The number of primary amides is 1. The molecule has 0 spiro atoms. The van der Waals surface area contributed by atoms with Crippen LogP contribution in [0.2, 0.25) is 0 Å². The first-order valence-electron chi connectivity index (χ1n) is 9.20. The van der Waals surface area contributed by atoms with Gasteiger partial charge in [-0.15, -0.1) is 0 Å². The number of nitrogens with zero attached hydrogens (tertiary/aromatic N) is 1. The van der Waals surface area contributed by atoms with Gasteiger partial charge in [-0.25, -0.2) is 4.79 Å². The highest BCUT2D eigenvalue weighted by atomic mass is 32.2. The molecule has 0 heterocycles. The molecule has 25 heavy (non-hydrogen) atoms. The van der Waals surface area contributed by atoms with Crippen molar-refractivity contribution < 1.29 is 4.79 Å². The van der Waals surface area contributed by atoms with E-state index in [0.29, 0.717) is 4.75 Å². The number of carbonyl (C=O) groups is 1. The standard InChI is InChI=1S/C13H16N2O.C6H14N2S/c14-13(16)15-12-10-5-1-3-8(10)7-9-4-2-6-11(9)12;1-8(2)5-6(9-7)3-4-6/h7H,1-6H2,(H3,14,15,16);3-5,7H2,1-2H3. The molecule has 6 heteroatoms. The molecule has 1 aromatic carbocycles. The maximum atomic E-state index is 11.1. The number of hydrogen-bond acceptors (Lipinski definition) is 4. The fraction of sp³-hybridized carbons (Fsp3) is 0.632. The summed E-state index contributed by atoms with van der Waals surface area (Å²) in [5.41, 5.74) is 11.8. The van der Waals surface area contributed by atoms with Crippen LogP contribution in [0, 0.1) is 0 Å². The van der Waals surface area contributed by atoms with Crippen LogP contribution in [0.4, 0.5) is 10.5 Å². The zero-order valence-corrected chi connectivity index (χ0v) is 16.2. The van der Waals surface area contributed by atoms with Crippen LogP contribution in [0.15, 0.2) is 6.07 Å². The number of aryl methyl sites for hydroxylation is 2. The van der Waals surface area contributed by atoms with E-state index in [9.17, 15) is 4.79 Å². The van der Waals surface area contributed by atoms with E-state index in [2.05, 4.69) is 30.4 Å². The van der Waals surface area contributed by atoms with Gasteiger partial charge in [0.1, 0.15) is 0 Å². The Hall–Kier alpha value is -1.24. The summed E-state index contributed by atoms with van der Waals surface area (Å²) in [6.45, 7) is 1.13. The number of urea groups is 1. The van der Waals surface area contributed by atoms with Gasteiger partial charge in [0.2, 0.25) is 0 Å². The van der Waals surface area contributed by atoms with Crippen molar-refractivity contribution in [2.24, 2.45) is 10.9 Å². The molecule has 0 unspecified atom stereocenters. The maximum absolute atomic E-state index is 11.1. The summed E-state index contributed by atoms with van der Waals surface area (Å²) in [4.78, 5) is 13.3. The Morgan fingerprint density at radius 3 is 2.08 bits per heavy atom. The van der Waals surface area contributed by atoms with E-state index >= 15 is 0 Å². The Labute approximate surface area is 155 Å². The van der Waals surface area contributed by atoms with Crippen LogP contribution >= 0.6 is 11.9 Å². The second-order valence-electron chi connectivity index (χ2n) is 7.76. The van der Waals surface area contributed by atoms with E-state index in [-0.39, 0.29) is 0 Å². The smallest absolute Gasteiger partial charge is 0.316 e. The molecule has 3 aliphatic rings. The Bertz CT molecular complexity index is 623. The molecular formula is C19H30N4OS. The van der Waals surface area contributed by atoms with Gasteiger partial charge in [-0.05, 0) is 87.7 Å². The summed E-state index contributed by atoms with van der Waals surface area (Å²) in [7, 11) is 4.19. The van der Waals surface area contributed by atoms with Crippen LogP contribution in [0.1, 0.15) is 47.9 Å². The maximum Gasteiger partial charge on any atom is 0.316 e. The minimum atomic E-state index is -0.436. The topological polar surface area (TPSA) is 84.4 Å². The van der Waals surface area contributed by atoms with E-state index in [4.69, 9.17) is 10.9 Å². The molecule has 1 saturated carbocycles. The number of nitrogens with one attached hydrogen (secondary N) is 1. The van der Waals surface area contributed by atoms with Crippen molar-refractivity contribution in [3.05, 3.63) is 28.3 Å². The molecule has 0 aromatic heterocycles. The zero-order valence-electron chi connectivity index (χ0n) is 15.4. The van der Waals surface area contributed by atoms with Crippen molar-refractivity contribution >= 4 is 23.7 Å². The number of nitrogens with two attached hydrogens (primary N) is 2. The second-order valence-corrected chi connectivity index (χ2v) is 8.86. The van der Waals surface area contributed by atoms with Crippen LogP contribution in [-0.2, 0) is 25.7 Å². The largest absolute Gasteiger partial charge is 0.351 e. The van der Waals surface area contributed by atoms with E-state index in [0.717, 1.165) is 37.9 Å². The Morgan fingerprint density at radius 1 is 1.16 bits per heavy atom. The Morgan fingerprint density at radius 2 is 1.72 bits per heavy atom. The molecule has 4 rings (SSSR count). The van der Waals surface area contributed by atoms with Gasteiger partial charge < -0.3 is 16.0 Å². The first-order chi connectivity index (χ1) is 11.9. The minimum Gasteiger partial charge on any atom is -0.351 e. The molecule has 1 aromatic rings. The summed E-state index contributed by atoms with van der Waals surface area (Å²) in [5, 5.41) is 8.35. The molecule has 138 valence electrons. The molecule has 3 aliphatic carbocycles. The lowest BCUT2D eigenvalue weighted by Gasteiger charge is -2.16. The Balaban J connectivity index is 0.000000173. The van der Waals surface area contributed by atoms with Gasteiger partial charge in [0.15, 0.2) is 0 Å². The van der Waals surface area contributed by atoms with Crippen molar-refractivity contribution in [3.8, 4) is 0 Å². The van der Waals surface area contributed by atoms with Gasteiger partial charge in [0.05, 0.1) is 0 Å². The van der Waals surface area contributed by atoms with E-state index in [1.807, 2.05) is 0 Å². The monoisotopic (exact) mass is 362 g/mol. The van der Waals surface area contributed by atoms with Crippen LogP contribution in [0.3, 0.4) is 0 Å². The van der Waals surface area contributed by atoms with Crippen LogP contribution in [0.5, 0.6) is 0 Å². The number of fused-ring (bicyclic) bond motifs is 2. The van der Waals surface area contributed by atoms with Gasteiger partial charge in [-0.1, -0.05) is 18.0 Å². The molecule has 2 amide bonds. The molecule has 0 bridgehead atoms. The molecule has 0 atom stereocenters. The molecule has 5 N–H and O–H groups in total. The quantitative estimate of drug-likeness (QED) is 0.719. The number of hydrogen-bond donors (Lipinski definition) is 3. The second kappa shape index (κ2) is 7.56. The van der Waals surface area contributed by atoms with Crippen molar-refractivity contribution in [2.75, 3.05) is 26.0 Å². The van der Waals surface area contributed by atoms with E-state index < -0.39 is 6.03 Å². The number of anilines is 1. The van der Waals surface area contributed by atoms with E-state index in [1.54, 1.807) is 0 Å². The van der Waals surface area contributed by atoms with Crippen LogP contribution in [0.25, 0.3) is 0 Å². The first kappa shape index (κ1) is 18.5. The minimum absolute atomic E-state index is 0.434. The molecule has 0 saturated heterocycles. The molecule has 0 radical (unpaired) electrons. The Kier molecular flexibility index (Phi) is 5.61. The third-order valence-electron chi connectivity index (χ3n) is 5.38. The van der Waals surface area contributed by atoms with Gasteiger partial charge >= 0.3 is 6.03 Å². The fourth-order valence-electron chi connectivity index (χ4n) is 4.12. The van der Waals surface area contributed by atoms with Crippen LogP contribution in [-0.4, -0.2) is 36.3 Å². The van der Waals surface area contributed by atoms with Crippen molar-refractivity contribution in [1.82, 2.24) is 4.90 Å².